The van der Waals surface area contributed by atoms with Crippen molar-refractivity contribution in [2.24, 2.45) is 0 Å². The van der Waals surface area contributed by atoms with E-state index in [4.69, 9.17) is 9.97 Å². The molecule has 0 radical (unpaired) electrons. The van der Waals surface area contributed by atoms with E-state index in [1.54, 1.807) is 11.3 Å². The Hall–Kier alpha value is -6.14. The van der Waals surface area contributed by atoms with E-state index in [1.807, 2.05) is 11.3 Å². The molecule has 0 aliphatic heterocycles. The molecule has 0 aliphatic carbocycles. The van der Waals surface area contributed by atoms with Gasteiger partial charge in [0.15, 0.2) is 5.82 Å². The summed E-state index contributed by atoms with van der Waals surface area (Å²) in [4.78, 5) is 10.7. The highest BCUT2D eigenvalue weighted by atomic mass is 32.1. The minimum absolute atomic E-state index is 0.723. The molecular weight excluding hydrogens is 659 g/mol. The number of aromatic nitrogens is 3. The van der Waals surface area contributed by atoms with E-state index in [-0.39, 0.29) is 0 Å². The summed E-state index contributed by atoms with van der Waals surface area (Å²) in [5, 5.41) is 6.26. The summed E-state index contributed by atoms with van der Waals surface area (Å²) in [6.07, 6.45) is 0. The molecule has 0 saturated carbocycles. The number of benzene rings is 7. The quantitative estimate of drug-likeness (QED) is 0.185. The fraction of sp³-hybridized carbons (Fsp3) is 0. The van der Waals surface area contributed by atoms with Crippen molar-refractivity contribution in [3.05, 3.63) is 164 Å². The van der Waals surface area contributed by atoms with Crippen LogP contribution in [0.1, 0.15) is 0 Å². The molecule has 0 bridgehead atoms. The number of nitrogens with zero attached hydrogens (tertiary/aromatic N) is 3. The molecule has 11 aromatic rings. The van der Waals surface area contributed by atoms with E-state index in [9.17, 15) is 0 Å². The van der Waals surface area contributed by atoms with E-state index < -0.39 is 0 Å². The molecule has 0 N–H and O–H groups in total. The van der Waals surface area contributed by atoms with E-state index in [0.717, 1.165) is 43.9 Å². The summed E-state index contributed by atoms with van der Waals surface area (Å²) >= 11 is 3.64. The molecule has 0 unspecified atom stereocenters. The van der Waals surface area contributed by atoms with Gasteiger partial charge in [-0.1, -0.05) is 121 Å². The lowest BCUT2D eigenvalue weighted by molar-refractivity contribution is 1.17. The van der Waals surface area contributed by atoms with Crippen molar-refractivity contribution in [3.63, 3.8) is 0 Å². The molecule has 4 aromatic heterocycles. The number of fused-ring (bicyclic) bond motifs is 9. The molecule has 0 aliphatic rings. The van der Waals surface area contributed by atoms with E-state index >= 15 is 0 Å². The average Bonchev–Trinajstić information content (AvgIpc) is 3.87. The summed E-state index contributed by atoms with van der Waals surface area (Å²) in [5.74, 6) is 0.723. The smallest absolute Gasteiger partial charge is 0.160 e. The lowest BCUT2D eigenvalue weighted by Crippen LogP contribution is -1.97. The topological polar surface area (TPSA) is 30.7 Å². The maximum Gasteiger partial charge on any atom is 0.160 e. The molecular formula is C46H27N3S2. The third-order valence-corrected chi connectivity index (χ3v) is 12.4. The molecule has 0 fully saturated rings. The van der Waals surface area contributed by atoms with Crippen LogP contribution in [0.25, 0.3) is 102 Å². The van der Waals surface area contributed by atoms with E-state index in [0.29, 0.717) is 0 Å². The zero-order valence-corrected chi connectivity index (χ0v) is 28.9. The first-order chi connectivity index (χ1) is 25.3. The Labute approximate surface area is 301 Å². The third kappa shape index (κ3) is 4.42. The fourth-order valence-corrected chi connectivity index (χ4v) is 10.1. The Morgan fingerprint density at radius 2 is 1.00 bits per heavy atom. The second kappa shape index (κ2) is 11.2. The summed E-state index contributed by atoms with van der Waals surface area (Å²) < 4.78 is 7.30. The third-order valence-electron chi connectivity index (χ3n) is 10.0. The van der Waals surface area contributed by atoms with Crippen LogP contribution in [0.3, 0.4) is 0 Å². The summed E-state index contributed by atoms with van der Waals surface area (Å²) in [5.41, 5.74) is 9.92. The van der Waals surface area contributed by atoms with Gasteiger partial charge in [0.1, 0.15) is 0 Å². The van der Waals surface area contributed by atoms with Crippen LogP contribution in [0.5, 0.6) is 0 Å². The van der Waals surface area contributed by atoms with Gasteiger partial charge in [-0.05, 0) is 53.6 Å². The van der Waals surface area contributed by atoms with Crippen LogP contribution in [-0.4, -0.2) is 14.5 Å². The van der Waals surface area contributed by atoms with Crippen molar-refractivity contribution in [2.75, 3.05) is 0 Å². The van der Waals surface area contributed by atoms with Gasteiger partial charge in [0.05, 0.1) is 26.9 Å². The van der Waals surface area contributed by atoms with Gasteiger partial charge in [0.25, 0.3) is 0 Å². The number of hydrogen-bond acceptors (Lipinski definition) is 4. The van der Waals surface area contributed by atoms with Crippen LogP contribution in [-0.2, 0) is 0 Å². The van der Waals surface area contributed by atoms with Crippen LogP contribution in [0.2, 0.25) is 0 Å². The minimum atomic E-state index is 0.723. The van der Waals surface area contributed by atoms with Gasteiger partial charge in [0.2, 0.25) is 0 Å². The summed E-state index contributed by atoms with van der Waals surface area (Å²) in [6, 6.07) is 58.8. The number of para-hydroxylation sites is 2. The van der Waals surface area contributed by atoms with Gasteiger partial charge in [-0.3, -0.25) is 0 Å². The first-order valence-electron chi connectivity index (χ1n) is 17.1. The maximum absolute atomic E-state index is 5.41. The predicted molar refractivity (Wildman–Crippen MR) is 218 cm³/mol. The molecule has 0 atom stereocenters. The maximum atomic E-state index is 5.41. The van der Waals surface area contributed by atoms with Crippen molar-refractivity contribution in [3.8, 4) is 39.5 Å². The monoisotopic (exact) mass is 685 g/mol. The molecule has 7 aromatic carbocycles. The number of thiophene rings is 2. The largest absolute Gasteiger partial charge is 0.309 e. The standard InChI is InChI=1S/C46H27N3S2/c1-5-22-38-33(16-1)34-17-2-6-23-39(34)49(38)31-15-10-14-30(27-31)46-47-42(45-43(48-46)37-19-4-8-25-41(37)51-45)29-13-9-12-28(26-29)32-20-11-21-36-35-18-3-7-24-40(35)50-44(32)36/h1-27H. The van der Waals surface area contributed by atoms with Crippen molar-refractivity contribution >= 4 is 85.0 Å². The van der Waals surface area contributed by atoms with Crippen LogP contribution in [0, 0.1) is 0 Å². The van der Waals surface area contributed by atoms with Crippen molar-refractivity contribution in [2.45, 2.75) is 0 Å². The van der Waals surface area contributed by atoms with E-state index in [2.05, 4.69) is 168 Å². The Kier molecular flexibility index (Phi) is 6.29. The van der Waals surface area contributed by atoms with E-state index in [1.165, 1.54) is 57.8 Å². The first kappa shape index (κ1) is 28.7. The summed E-state index contributed by atoms with van der Waals surface area (Å²) in [7, 11) is 0. The SMILES string of the molecule is c1cc(-c2cccc3c2sc2ccccc23)cc(-c2nc(-c3cccc(-n4c5ccccc5c5ccccc54)c3)nc3c2sc2ccccc23)c1. The Morgan fingerprint density at radius 1 is 0.412 bits per heavy atom. The van der Waals surface area contributed by atoms with Gasteiger partial charge in [0, 0.05) is 57.8 Å². The second-order valence-electron chi connectivity index (χ2n) is 13.0. The van der Waals surface area contributed by atoms with Gasteiger partial charge in [-0.2, -0.15) is 0 Å². The molecule has 238 valence electrons. The van der Waals surface area contributed by atoms with Crippen LogP contribution < -0.4 is 0 Å². The van der Waals surface area contributed by atoms with Crippen LogP contribution >= 0.6 is 22.7 Å². The molecule has 5 heteroatoms. The zero-order chi connectivity index (χ0) is 33.5. The van der Waals surface area contributed by atoms with Crippen LogP contribution in [0.15, 0.2) is 164 Å². The number of rotatable bonds is 4. The average molecular weight is 686 g/mol. The molecule has 0 saturated heterocycles. The van der Waals surface area contributed by atoms with Gasteiger partial charge < -0.3 is 4.57 Å². The molecule has 51 heavy (non-hydrogen) atoms. The normalized spacial score (nSPS) is 11.9. The molecule has 11 rings (SSSR count). The molecule has 0 amide bonds. The fourth-order valence-electron chi connectivity index (χ4n) is 7.71. The molecule has 4 heterocycles. The lowest BCUT2D eigenvalue weighted by atomic mass is 9.99. The second-order valence-corrected chi connectivity index (χ2v) is 15.1. The highest BCUT2D eigenvalue weighted by Crippen LogP contribution is 2.43. The van der Waals surface area contributed by atoms with Gasteiger partial charge in [-0.25, -0.2) is 9.97 Å². The van der Waals surface area contributed by atoms with Crippen molar-refractivity contribution in [1.82, 2.24) is 14.5 Å². The zero-order valence-electron chi connectivity index (χ0n) is 27.2. The molecule has 3 nitrogen and oxygen atoms in total. The Morgan fingerprint density at radius 3 is 1.80 bits per heavy atom. The van der Waals surface area contributed by atoms with Crippen molar-refractivity contribution < 1.29 is 0 Å². The highest BCUT2D eigenvalue weighted by Gasteiger charge is 2.19. The lowest BCUT2D eigenvalue weighted by Gasteiger charge is -2.12. The number of hydrogen-bond donors (Lipinski definition) is 0. The van der Waals surface area contributed by atoms with Gasteiger partial charge in [-0.15, -0.1) is 22.7 Å². The van der Waals surface area contributed by atoms with Crippen molar-refractivity contribution in [1.29, 1.82) is 0 Å². The first-order valence-corrected chi connectivity index (χ1v) is 18.7. The highest BCUT2D eigenvalue weighted by molar-refractivity contribution is 7.26. The Balaban J connectivity index is 1.12. The van der Waals surface area contributed by atoms with Crippen LogP contribution in [0.4, 0.5) is 0 Å². The summed E-state index contributed by atoms with van der Waals surface area (Å²) in [6.45, 7) is 0. The minimum Gasteiger partial charge on any atom is -0.309 e. The Bertz CT molecular complexity index is 3110. The molecule has 0 spiro atoms. The predicted octanol–water partition coefficient (Wildman–Crippen LogP) is 13.3. The van der Waals surface area contributed by atoms with Gasteiger partial charge >= 0.3 is 0 Å².